The maximum absolute atomic E-state index is 11.5. The Hall–Kier alpha value is -1.51. The summed E-state index contributed by atoms with van der Waals surface area (Å²) in [6, 6.07) is 6.17. The highest BCUT2D eigenvalue weighted by Gasteiger charge is 2.02. The first-order chi connectivity index (χ1) is 8.13. The monoisotopic (exact) mass is 234 g/mol. The van der Waals surface area contributed by atoms with E-state index < -0.39 is 0 Å². The van der Waals surface area contributed by atoms with Crippen molar-refractivity contribution < 1.29 is 4.79 Å². The molecule has 0 aliphatic rings. The van der Waals surface area contributed by atoms with Crippen LogP contribution in [-0.4, -0.2) is 19.0 Å². The van der Waals surface area contributed by atoms with Crippen LogP contribution in [0.1, 0.15) is 30.9 Å². The SMILES string of the molecule is CCCCNC(=O)CNc1ccc(C)cc1C. The Morgan fingerprint density at radius 2 is 2.06 bits per heavy atom. The molecule has 0 saturated heterocycles. The van der Waals surface area contributed by atoms with Gasteiger partial charge < -0.3 is 10.6 Å². The molecule has 0 fully saturated rings. The van der Waals surface area contributed by atoms with Gasteiger partial charge in [0.1, 0.15) is 0 Å². The third-order valence-corrected chi connectivity index (χ3v) is 2.67. The highest BCUT2D eigenvalue weighted by Crippen LogP contribution is 2.15. The van der Waals surface area contributed by atoms with Gasteiger partial charge in [-0.15, -0.1) is 0 Å². The van der Waals surface area contributed by atoms with Gasteiger partial charge in [-0.3, -0.25) is 4.79 Å². The Morgan fingerprint density at radius 1 is 1.29 bits per heavy atom. The Balaban J connectivity index is 2.37. The van der Waals surface area contributed by atoms with Crippen LogP contribution in [-0.2, 0) is 4.79 Å². The van der Waals surface area contributed by atoms with Gasteiger partial charge in [-0.2, -0.15) is 0 Å². The molecule has 0 saturated carbocycles. The molecule has 1 aromatic carbocycles. The lowest BCUT2D eigenvalue weighted by atomic mass is 10.1. The van der Waals surface area contributed by atoms with Crippen LogP contribution in [0, 0.1) is 13.8 Å². The van der Waals surface area contributed by atoms with Crippen molar-refractivity contribution in [2.24, 2.45) is 0 Å². The summed E-state index contributed by atoms with van der Waals surface area (Å²) in [4.78, 5) is 11.5. The molecular weight excluding hydrogens is 212 g/mol. The third-order valence-electron chi connectivity index (χ3n) is 2.67. The molecule has 0 spiro atoms. The quantitative estimate of drug-likeness (QED) is 0.743. The third kappa shape index (κ3) is 4.89. The van der Waals surface area contributed by atoms with Crippen LogP contribution >= 0.6 is 0 Å². The highest BCUT2D eigenvalue weighted by molar-refractivity contribution is 5.80. The highest BCUT2D eigenvalue weighted by atomic mass is 16.1. The van der Waals surface area contributed by atoms with Crippen molar-refractivity contribution in [1.29, 1.82) is 0 Å². The lowest BCUT2D eigenvalue weighted by molar-refractivity contribution is -0.119. The molecule has 3 heteroatoms. The van der Waals surface area contributed by atoms with Crippen molar-refractivity contribution >= 4 is 11.6 Å². The second kappa shape index (κ2) is 6.94. The standard InChI is InChI=1S/C14H22N2O/c1-4-5-8-15-14(17)10-16-13-7-6-11(2)9-12(13)3/h6-7,9,16H,4-5,8,10H2,1-3H3,(H,15,17). The summed E-state index contributed by atoms with van der Waals surface area (Å²) >= 11 is 0. The summed E-state index contributed by atoms with van der Waals surface area (Å²) in [6.07, 6.45) is 2.14. The summed E-state index contributed by atoms with van der Waals surface area (Å²) in [6.45, 7) is 7.33. The zero-order valence-electron chi connectivity index (χ0n) is 11.0. The van der Waals surface area contributed by atoms with Crippen molar-refractivity contribution in [1.82, 2.24) is 5.32 Å². The fraction of sp³-hybridized carbons (Fsp3) is 0.500. The lowest BCUT2D eigenvalue weighted by Crippen LogP contribution is -2.30. The maximum atomic E-state index is 11.5. The number of hydrogen-bond donors (Lipinski definition) is 2. The van der Waals surface area contributed by atoms with Gasteiger partial charge in [0, 0.05) is 12.2 Å². The van der Waals surface area contributed by atoms with Crippen LogP contribution in [0.5, 0.6) is 0 Å². The van der Waals surface area contributed by atoms with Gasteiger partial charge in [-0.25, -0.2) is 0 Å². The normalized spacial score (nSPS) is 10.1. The first-order valence-corrected chi connectivity index (χ1v) is 6.21. The van der Waals surface area contributed by atoms with Gasteiger partial charge in [0.15, 0.2) is 0 Å². The summed E-state index contributed by atoms with van der Waals surface area (Å²) in [5.74, 6) is 0.0541. The molecule has 94 valence electrons. The molecule has 0 atom stereocenters. The van der Waals surface area contributed by atoms with Gasteiger partial charge in [0.25, 0.3) is 0 Å². The average molecular weight is 234 g/mol. The minimum Gasteiger partial charge on any atom is -0.376 e. The Labute approximate surface area is 104 Å². The zero-order chi connectivity index (χ0) is 12.7. The van der Waals surface area contributed by atoms with E-state index in [1.54, 1.807) is 0 Å². The van der Waals surface area contributed by atoms with E-state index in [2.05, 4.69) is 30.5 Å². The van der Waals surface area contributed by atoms with E-state index in [9.17, 15) is 4.79 Å². The molecule has 0 heterocycles. The number of unbranched alkanes of at least 4 members (excludes halogenated alkanes) is 1. The van der Waals surface area contributed by atoms with E-state index in [4.69, 9.17) is 0 Å². The number of carbonyl (C=O) groups is 1. The Kier molecular flexibility index (Phi) is 5.53. The van der Waals surface area contributed by atoms with Gasteiger partial charge >= 0.3 is 0 Å². The number of anilines is 1. The second-order valence-electron chi connectivity index (χ2n) is 4.38. The molecule has 2 N–H and O–H groups in total. The number of carbonyl (C=O) groups excluding carboxylic acids is 1. The van der Waals surface area contributed by atoms with E-state index in [1.165, 1.54) is 11.1 Å². The minimum atomic E-state index is 0.0541. The fourth-order valence-electron chi connectivity index (χ4n) is 1.65. The van der Waals surface area contributed by atoms with Crippen molar-refractivity contribution in [3.05, 3.63) is 29.3 Å². The predicted octanol–water partition coefficient (Wildman–Crippen LogP) is 2.63. The number of rotatable bonds is 6. The Bertz CT molecular complexity index is 374. The van der Waals surface area contributed by atoms with Gasteiger partial charge in [0.05, 0.1) is 6.54 Å². The topological polar surface area (TPSA) is 41.1 Å². The van der Waals surface area contributed by atoms with Crippen LogP contribution in [0.4, 0.5) is 5.69 Å². The van der Waals surface area contributed by atoms with E-state index >= 15 is 0 Å². The minimum absolute atomic E-state index is 0.0541. The molecule has 1 aromatic rings. The smallest absolute Gasteiger partial charge is 0.239 e. The summed E-state index contributed by atoms with van der Waals surface area (Å²) < 4.78 is 0. The van der Waals surface area contributed by atoms with Gasteiger partial charge in [-0.1, -0.05) is 31.0 Å². The van der Waals surface area contributed by atoms with Crippen LogP contribution in [0.3, 0.4) is 0 Å². The predicted molar refractivity (Wildman–Crippen MR) is 72.3 cm³/mol. The molecular formula is C14H22N2O. The number of nitrogens with one attached hydrogen (secondary N) is 2. The van der Waals surface area contributed by atoms with Crippen molar-refractivity contribution in [2.45, 2.75) is 33.6 Å². The zero-order valence-corrected chi connectivity index (χ0v) is 11.0. The molecule has 0 unspecified atom stereocenters. The first kappa shape index (κ1) is 13.6. The summed E-state index contributed by atoms with van der Waals surface area (Å²) in [7, 11) is 0. The van der Waals surface area contributed by atoms with E-state index in [0.717, 1.165) is 25.1 Å². The first-order valence-electron chi connectivity index (χ1n) is 6.21. The van der Waals surface area contributed by atoms with Crippen LogP contribution in [0.15, 0.2) is 18.2 Å². The van der Waals surface area contributed by atoms with Crippen molar-refractivity contribution in [2.75, 3.05) is 18.4 Å². The number of aryl methyl sites for hydroxylation is 2. The molecule has 0 radical (unpaired) electrons. The van der Waals surface area contributed by atoms with Gasteiger partial charge in [0.2, 0.25) is 5.91 Å². The Morgan fingerprint density at radius 3 is 2.71 bits per heavy atom. The molecule has 0 aromatic heterocycles. The number of amides is 1. The molecule has 1 rings (SSSR count). The van der Waals surface area contributed by atoms with Crippen LogP contribution < -0.4 is 10.6 Å². The summed E-state index contributed by atoms with van der Waals surface area (Å²) in [5.41, 5.74) is 3.44. The van der Waals surface area contributed by atoms with Crippen LogP contribution in [0.2, 0.25) is 0 Å². The van der Waals surface area contributed by atoms with E-state index in [0.29, 0.717) is 6.54 Å². The molecule has 1 amide bonds. The average Bonchev–Trinajstić information content (AvgIpc) is 2.28. The molecule has 0 aliphatic carbocycles. The largest absolute Gasteiger partial charge is 0.376 e. The number of hydrogen-bond acceptors (Lipinski definition) is 2. The second-order valence-corrected chi connectivity index (χ2v) is 4.38. The molecule has 17 heavy (non-hydrogen) atoms. The molecule has 0 aliphatic heterocycles. The molecule has 0 bridgehead atoms. The van der Waals surface area contributed by atoms with E-state index in [-0.39, 0.29) is 5.91 Å². The summed E-state index contributed by atoms with van der Waals surface area (Å²) in [5, 5.41) is 6.04. The number of benzene rings is 1. The van der Waals surface area contributed by atoms with E-state index in [1.807, 2.05) is 19.1 Å². The fourth-order valence-corrected chi connectivity index (χ4v) is 1.65. The van der Waals surface area contributed by atoms with Crippen molar-refractivity contribution in [3.8, 4) is 0 Å². The van der Waals surface area contributed by atoms with Crippen LogP contribution in [0.25, 0.3) is 0 Å². The van der Waals surface area contributed by atoms with Gasteiger partial charge in [-0.05, 0) is 31.9 Å². The van der Waals surface area contributed by atoms with Crippen molar-refractivity contribution in [3.63, 3.8) is 0 Å². The molecule has 3 nitrogen and oxygen atoms in total. The lowest BCUT2D eigenvalue weighted by Gasteiger charge is -2.10. The maximum Gasteiger partial charge on any atom is 0.239 e.